The Kier molecular flexibility index (Phi) is 5.21. The highest BCUT2D eigenvalue weighted by atomic mass is 16.1. The number of carbonyl (C=O) groups is 1. The number of benzene rings is 1. The molecule has 1 saturated heterocycles. The zero-order chi connectivity index (χ0) is 17.1. The summed E-state index contributed by atoms with van der Waals surface area (Å²) in [5, 5.41) is 4.29. The first-order chi connectivity index (χ1) is 11.5. The fourth-order valence-electron chi connectivity index (χ4n) is 3.41. The zero-order valence-electron chi connectivity index (χ0n) is 15.0. The number of piperazine rings is 1. The molecule has 24 heavy (non-hydrogen) atoms. The molecule has 5 heteroatoms. The Morgan fingerprint density at radius 2 is 1.92 bits per heavy atom. The van der Waals surface area contributed by atoms with Crippen LogP contribution in [-0.4, -0.2) is 66.1 Å². The van der Waals surface area contributed by atoms with Crippen LogP contribution in [0.2, 0.25) is 0 Å². The monoisotopic (exact) mass is 328 g/mol. The van der Waals surface area contributed by atoms with Crippen molar-refractivity contribution in [3.05, 3.63) is 36.0 Å². The Bertz CT molecular complexity index is 700. The summed E-state index contributed by atoms with van der Waals surface area (Å²) < 4.78 is 2.09. The van der Waals surface area contributed by atoms with Gasteiger partial charge in [-0.2, -0.15) is 0 Å². The third-order valence-corrected chi connectivity index (χ3v) is 5.08. The van der Waals surface area contributed by atoms with Gasteiger partial charge >= 0.3 is 0 Å². The maximum atomic E-state index is 12.4. The molecule has 0 radical (unpaired) electrons. The number of rotatable bonds is 5. The minimum Gasteiger partial charge on any atom is -0.353 e. The zero-order valence-corrected chi connectivity index (χ0v) is 15.0. The van der Waals surface area contributed by atoms with Crippen molar-refractivity contribution in [1.29, 1.82) is 0 Å². The summed E-state index contributed by atoms with van der Waals surface area (Å²) in [5.41, 5.74) is 2.25. The smallest absolute Gasteiger partial charge is 0.240 e. The predicted molar refractivity (Wildman–Crippen MR) is 98.2 cm³/mol. The average Bonchev–Trinajstić information content (AvgIpc) is 2.89. The number of carbonyl (C=O) groups excluding carboxylic acids is 1. The van der Waals surface area contributed by atoms with Gasteiger partial charge in [-0.3, -0.25) is 9.69 Å². The summed E-state index contributed by atoms with van der Waals surface area (Å²) in [6.07, 6.45) is 0. The number of nitrogens with one attached hydrogen (secondary N) is 1. The van der Waals surface area contributed by atoms with E-state index in [1.807, 2.05) is 12.1 Å². The van der Waals surface area contributed by atoms with E-state index in [9.17, 15) is 4.79 Å². The molecule has 0 unspecified atom stereocenters. The van der Waals surface area contributed by atoms with Crippen LogP contribution in [0.4, 0.5) is 0 Å². The van der Waals surface area contributed by atoms with Crippen molar-refractivity contribution in [3.8, 4) is 0 Å². The SMILES string of the molecule is Cc1cc2ccccc2n1CC(=O)NC[C@@H](C)N1CCN(C)CC1. The van der Waals surface area contributed by atoms with E-state index in [-0.39, 0.29) is 5.91 Å². The van der Waals surface area contributed by atoms with Gasteiger partial charge in [-0.25, -0.2) is 0 Å². The molecular weight excluding hydrogens is 300 g/mol. The number of hydrogen-bond donors (Lipinski definition) is 1. The highest BCUT2D eigenvalue weighted by molar-refractivity contribution is 5.84. The van der Waals surface area contributed by atoms with E-state index in [2.05, 4.69) is 58.8 Å². The topological polar surface area (TPSA) is 40.5 Å². The summed E-state index contributed by atoms with van der Waals surface area (Å²) in [5.74, 6) is 0.0837. The number of fused-ring (bicyclic) bond motifs is 1. The van der Waals surface area contributed by atoms with Crippen molar-refractivity contribution in [2.24, 2.45) is 0 Å². The molecule has 1 atom stereocenters. The molecule has 130 valence electrons. The van der Waals surface area contributed by atoms with Crippen molar-refractivity contribution in [1.82, 2.24) is 19.7 Å². The van der Waals surface area contributed by atoms with E-state index in [1.165, 1.54) is 5.39 Å². The lowest BCUT2D eigenvalue weighted by Crippen LogP contribution is -2.51. The molecule has 1 aliphatic rings. The molecule has 2 aromatic rings. The molecule has 5 nitrogen and oxygen atoms in total. The Labute approximate surface area is 144 Å². The minimum absolute atomic E-state index is 0.0837. The fourth-order valence-corrected chi connectivity index (χ4v) is 3.41. The normalized spacial score (nSPS) is 18.0. The number of nitrogens with zero attached hydrogens (tertiary/aromatic N) is 3. The second-order valence-corrected chi connectivity index (χ2v) is 6.92. The third-order valence-electron chi connectivity index (χ3n) is 5.08. The van der Waals surface area contributed by atoms with Gasteiger partial charge in [-0.1, -0.05) is 18.2 Å². The van der Waals surface area contributed by atoms with Crippen LogP contribution in [0.15, 0.2) is 30.3 Å². The van der Waals surface area contributed by atoms with Crippen molar-refractivity contribution in [2.75, 3.05) is 39.8 Å². The van der Waals surface area contributed by atoms with Crippen LogP contribution >= 0.6 is 0 Å². The fraction of sp³-hybridized carbons (Fsp3) is 0.526. The Hall–Kier alpha value is -1.85. The summed E-state index contributed by atoms with van der Waals surface area (Å²) >= 11 is 0. The highest BCUT2D eigenvalue weighted by Gasteiger charge is 2.19. The molecule has 2 heterocycles. The van der Waals surface area contributed by atoms with Crippen LogP contribution in [-0.2, 0) is 11.3 Å². The number of para-hydroxylation sites is 1. The third kappa shape index (κ3) is 3.79. The van der Waals surface area contributed by atoms with Gasteiger partial charge in [0, 0.05) is 50.0 Å². The molecule has 1 aromatic carbocycles. The Morgan fingerprint density at radius 1 is 1.21 bits per heavy atom. The second kappa shape index (κ2) is 7.36. The first kappa shape index (κ1) is 17.0. The van der Waals surface area contributed by atoms with Gasteiger partial charge in [0.05, 0.1) is 0 Å². The van der Waals surface area contributed by atoms with Gasteiger partial charge in [0.2, 0.25) is 5.91 Å². The van der Waals surface area contributed by atoms with E-state index >= 15 is 0 Å². The summed E-state index contributed by atoms with van der Waals surface area (Å²) in [6.45, 7) is 9.71. The van der Waals surface area contributed by atoms with Gasteiger partial charge in [-0.05, 0) is 38.4 Å². The van der Waals surface area contributed by atoms with Crippen molar-refractivity contribution in [2.45, 2.75) is 26.4 Å². The van der Waals surface area contributed by atoms with E-state index < -0.39 is 0 Å². The standard InChI is InChI=1S/C19H28N4O/c1-15-12-17-6-4-5-7-18(17)23(15)14-19(24)20-13-16(2)22-10-8-21(3)9-11-22/h4-7,12,16H,8-11,13-14H2,1-3H3,(H,20,24)/t16-/m1/s1. The molecule has 1 aliphatic heterocycles. The van der Waals surface area contributed by atoms with E-state index in [4.69, 9.17) is 0 Å². The van der Waals surface area contributed by atoms with Crippen molar-refractivity contribution in [3.63, 3.8) is 0 Å². The molecule has 1 aromatic heterocycles. The van der Waals surface area contributed by atoms with Crippen molar-refractivity contribution >= 4 is 16.8 Å². The number of hydrogen-bond acceptors (Lipinski definition) is 3. The largest absolute Gasteiger partial charge is 0.353 e. The maximum Gasteiger partial charge on any atom is 0.240 e. The van der Waals surface area contributed by atoms with Crippen LogP contribution in [0, 0.1) is 6.92 Å². The summed E-state index contributed by atoms with van der Waals surface area (Å²) in [6, 6.07) is 10.7. The van der Waals surface area contributed by atoms with Gasteiger partial charge in [0.25, 0.3) is 0 Å². The lowest BCUT2D eigenvalue weighted by molar-refractivity contribution is -0.121. The molecule has 1 fully saturated rings. The second-order valence-electron chi connectivity index (χ2n) is 6.92. The molecule has 1 N–H and O–H groups in total. The molecule has 1 amide bonds. The summed E-state index contributed by atoms with van der Waals surface area (Å²) in [4.78, 5) is 17.2. The van der Waals surface area contributed by atoms with Crippen LogP contribution < -0.4 is 5.32 Å². The Balaban J connectivity index is 1.54. The summed E-state index contributed by atoms with van der Waals surface area (Å²) in [7, 11) is 2.16. The van der Waals surface area contributed by atoms with Crippen LogP contribution in [0.5, 0.6) is 0 Å². The Morgan fingerprint density at radius 3 is 2.67 bits per heavy atom. The predicted octanol–water partition coefficient (Wildman–Crippen LogP) is 1.70. The molecular formula is C19H28N4O. The molecule has 0 bridgehead atoms. The first-order valence-corrected chi connectivity index (χ1v) is 8.79. The van der Waals surface area contributed by atoms with E-state index in [0.717, 1.165) is 37.4 Å². The average molecular weight is 328 g/mol. The molecule has 0 aliphatic carbocycles. The van der Waals surface area contributed by atoms with E-state index in [0.29, 0.717) is 19.1 Å². The molecule has 0 saturated carbocycles. The number of aromatic nitrogens is 1. The van der Waals surface area contributed by atoms with Gasteiger partial charge in [0.15, 0.2) is 0 Å². The molecule has 3 rings (SSSR count). The number of likely N-dealkylation sites (N-methyl/N-ethyl adjacent to an activating group) is 1. The lowest BCUT2D eigenvalue weighted by Gasteiger charge is -2.36. The minimum atomic E-state index is 0.0837. The number of amides is 1. The quantitative estimate of drug-likeness (QED) is 0.908. The van der Waals surface area contributed by atoms with Crippen LogP contribution in [0.25, 0.3) is 10.9 Å². The van der Waals surface area contributed by atoms with Crippen LogP contribution in [0.3, 0.4) is 0 Å². The lowest BCUT2D eigenvalue weighted by atomic mass is 10.2. The number of aryl methyl sites for hydroxylation is 1. The first-order valence-electron chi connectivity index (χ1n) is 8.79. The highest BCUT2D eigenvalue weighted by Crippen LogP contribution is 2.18. The van der Waals surface area contributed by atoms with E-state index in [1.54, 1.807) is 0 Å². The van der Waals surface area contributed by atoms with Crippen molar-refractivity contribution < 1.29 is 4.79 Å². The van der Waals surface area contributed by atoms with Crippen LogP contribution in [0.1, 0.15) is 12.6 Å². The maximum absolute atomic E-state index is 12.4. The van der Waals surface area contributed by atoms with Gasteiger partial charge < -0.3 is 14.8 Å². The molecule has 0 spiro atoms. The van der Waals surface area contributed by atoms with Gasteiger partial charge in [-0.15, -0.1) is 0 Å². The van der Waals surface area contributed by atoms with Gasteiger partial charge in [0.1, 0.15) is 6.54 Å².